The standard InChI is InChI=1S/C19H18BrF3N2OS2/c1-12(19(21,22)23)9-10-24-18(26)16-8-3-13(20)11-17(16)25-28-15-6-4-14(27-2)5-7-15/h3-8,11,25H,1,9-10H2,2H3,(H,24,26). The number of carbonyl (C=O) groups is 1. The first-order chi connectivity index (χ1) is 13.2. The molecule has 0 radical (unpaired) electrons. The second-order valence-electron chi connectivity index (χ2n) is 5.68. The molecule has 0 heterocycles. The minimum Gasteiger partial charge on any atom is -0.352 e. The van der Waals surface area contributed by atoms with Crippen LogP contribution in [0.4, 0.5) is 18.9 Å². The van der Waals surface area contributed by atoms with Crippen LogP contribution in [-0.2, 0) is 0 Å². The topological polar surface area (TPSA) is 41.1 Å². The van der Waals surface area contributed by atoms with Crippen LogP contribution in [0.25, 0.3) is 0 Å². The molecule has 2 aromatic carbocycles. The number of amides is 1. The van der Waals surface area contributed by atoms with Crippen LogP contribution in [-0.4, -0.2) is 24.9 Å². The molecule has 2 aromatic rings. The van der Waals surface area contributed by atoms with Gasteiger partial charge >= 0.3 is 6.18 Å². The summed E-state index contributed by atoms with van der Waals surface area (Å²) in [6.45, 7) is 2.86. The summed E-state index contributed by atoms with van der Waals surface area (Å²) in [7, 11) is 0. The van der Waals surface area contributed by atoms with E-state index in [4.69, 9.17) is 0 Å². The summed E-state index contributed by atoms with van der Waals surface area (Å²) < 4.78 is 41.4. The summed E-state index contributed by atoms with van der Waals surface area (Å²) >= 11 is 6.35. The maximum Gasteiger partial charge on any atom is 0.412 e. The Balaban J connectivity index is 2.02. The number of benzene rings is 2. The van der Waals surface area contributed by atoms with E-state index < -0.39 is 17.7 Å². The zero-order valence-corrected chi connectivity index (χ0v) is 18.1. The summed E-state index contributed by atoms with van der Waals surface area (Å²) in [4.78, 5) is 14.5. The van der Waals surface area contributed by atoms with Crippen LogP contribution in [0.1, 0.15) is 16.8 Å². The minimum atomic E-state index is -4.45. The van der Waals surface area contributed by atoms with E-state index in [-0.39, 0.29) is 13.0 Å². The SMILES string of the molecule is C=C(CCNC(=O)c1ccc(Br)cc1NSc1ccc(SC)cc1)C(F)(F)F. The van der Waals surface area contributed by atoms with Gasteiger partial charge in [0.15, 0.2) is 0 Å². The number of alkyl halides is 3. The number of halogens is 4. The molecule has 2 N–H and O–H groups in total. The van der Waals surface area contributed by atoms with Crippen molar-refractivity contribution < 1.29 is 18.0 Å². The Hall–Kier alpha value is -1.58. The summed E-state index contributed by atoms with van der Waals surface area (Å²) in [5.74, 6) is -0.455. The van der Waals surface area contributed by atoms with Crippen LogP contribution < -0.4 is 10.0 Å². The van der Waals surface area contributed by atoms with E-state index in [1.165, 1.54) is 11.9 Å². The third-order valence-electron chi connectivity index (χ3n) is 3.68. The predicted molar refractivity (Wildman–Crippen MR) is 114 cm³/mol. The Morgan fingerprint density at radius 3 is 2.39 bits per heavy atom. The molecule has 0 aromatic heterocycles. The van der Waals surface area contributed by atoms with Crippen molar-refractivity contribution in [1.82, 2.24) is 5.32 Å². The predicted octanol–water partition coefficient (Wildman–Crippen LogP) is 6.53. The average molecular weight is 491 g/mol. The maximum absolute atomic E-state index is 12.5. The van der Waals surface area contributed by atoms with Gasteiger partial charge in [0.25, 0.3) is 5.91 Å². The molecule has 0 unspecified atom stereocenters. The van der Waals surface area contributed by atoms with Crippen LogP contribution in [0, 0.1) is 0 Å². The summed E-state index contributed by atoms with van der Waals surface area (Å²) in [5, 5.41) is 2.51. The van der Waals surface area contributed by atoms with E-state index in [9.17, 15) is 18.0 Å². The first-order valence-electron chi connectivity index (χ1n) is 8.10. The van der Waals surface area contributed by atoms with E-state index in [2.05, 4.69) is 32.5 Å². The van der Waals surface area contributed by atoms with Crippen molar-refractivity contribution in [3.05, 3.63) is 64.7 Å². The number of carbonyl (C=O) groups excluding carboxylic acids is 1. The quantitative estimate of drug-likeness (QED) is 0.250. The van der Waals surface area contributed by atoms with E-state index in [0.717, 1.165) is 14.3 Å². The molecule has 0 aliphatic heterocycles. The van der Waals surface area contributed by atoms with Gasteiger partial charge in [0, 0.05) is 26.4 Å². The van der Waals surface area contributed by atoms with Crippen LogP contribution in [0.15, 0.2) is 68.9 Å². The molecule has 150 valence electrons. The van der Waals surface area contributed by atoms with Crippen LogP contribution in [0.3, 0.4) is 0 Å². The van der Waals surface area contributed by atoms with Gasteiger partial charge in [0.2, 0.25) is 0 Å². The van der Waals surface area contributed by atoms with Crippen molar-refractivity contribution in [3.8, 4) is 0 Å². The van der Waals surface area contributed by atoms with E-state index in [1.54, 1.807) is 30.0 Å². The van der Waals surface area contributed by atoms with Crippen molar-refractivity contribution in [2.24, 2.45) is 0 Å². The molecule has 0 saturated heterocycles. The summed E-state index contributed by atoms with van der Waals surface area (Å²) in [5.41, 5.74) is 0.0284. The molecule has 0 atom stereocenters. The molecule has 0 saturated carbocycles. The Bertz CT molecular complexity index is 842. The zero-order chi connectivity index (χ0) is 20.7. The fraction of sp³-hybridized carbons (Fsp3) is 0.211. The highest BCUT2D eigenvalue weighted by Gasteiger charge is 2.31. The van der Waals surface area contributed by atoms with Crippen molar-refractivity contribution in [2.45, 2.75) is 22.4 Å². The number of hydrogen-bond donors (Lipinski definition) is 2. The monoisotopic (exact) mass is 490 g/mol. The van der Waals surface area contributed by atoms with Gasteiger partial charge in [-0.1, -0.05) is 22.5 Å². The largest absolute Gasteiger partial charge is 0.412 e. The number of anilines is 1. The molecule has 0 spiro atoms. The molecular formula is C19H18BrF3N2OS2. The van der Waals surface area contributed by atoms with Gasteiger partial charge in [0.05, 0.1) is 11.3 Å². The highest BCUT2D eigenvalue weighted by molar-refractivity contribution is 9.10. The number of hydrogen-bond acceptors (Lipinski definition) is 4. The lowest BCUT2D eigenvalue weighted by molar-refractivity contribution is -0.0934. The number of nitrogens with one attached hydrogen (secondary N) is 2. The lowest BCUT2D eigenvalue weighted by Crippen LogP contribution is -2.27. The molecular weight excluding hydrogens is 473 g/mol. The second-order valence-corrected chi connectivity index (χ2v) is 8.35. The lowest BCUT2D eigenvalue weighted by Gasteiger charge is -2.14. The smallest absolute Gasteiger partial charge is 0.352 e. The van der Waals surface area contributed by atoms with Gasteiger partial charge in [-0.05, 0) is 67.1 Å². The fourth-order valence-corrected chi connectivity index (χ4v) is 3.56. The molecule has 0 aliphatic carbocycles. The van der Waals surface area contributed by atoms with Crippen molar-refractivity contribution >= 4 is 51.2 Å². The van der Waals surface area contributed by atoms with Crippen molar-refractivity contribution in [3.63, 3.8) is 0 Å². The number of rotatable bonds is 8. The van der Waals surface area contributed by atoms with Gasteiger partial charge in [-0.2, -0.15) is 13.2 Å². The molecule has 2 rings (SSSR count). The third-order valence-corrected chi connectivity index (χ3v) is 5.74. The molecule has 9 heteroatoms. The minimum absolute atomic E-state index is 0.143. The Morgan fingerprint density at radius 2 is 1.79 bits per heavy atom. The summed E-state index contributed by atoms with van der Waals surface area (Å²) in [6.07, 6.45) is -2.81. The average Bonchev–Trinajstić information content (AvgIpc) is 2.65. The van der Waals surface area contributed by atoms with Crippen LogP contribution >= 0.6 is 39.6 Å². The Morgan fingerprint density at radius 1 is 1.14 bits per heavy atom. The highest BCUT2D eigenvalue weighted by Crippen LogP contribution is 2.29. The van der Waals surface area contributed by atoms with Crippen LogP contribution in [0.5, 0.6) is 0 Å². The molecule has 0 fully saturated rings. The zero-order valence-electron chi connectivity index (χ0n) is 14.9. The van der Waals surface area contributed by atoms with E-state index in [0.29, 0.717) is 11.3 Å². The lowest BCUT2D eigenvalue weighted by atomic mass is 10.1. The third kappa shape index (κ3) is 6.79. The summed E-state index contributed by atoms with van der Waals surface area (Å²) in [6, 6.07) is 13.0. The van der Waals surface area contributed by atoms with Crippen molar-refractivity contribution in [2.75, 3.05) is 17.5 Å². The van der Waals surface area contributed by atoms with Gasteiger partial charge in [-0.15, -0.1) is 11.8 Å². The fourth-order valence-electron chi connectivity index (χ4n) is 2.12. The molecule has 0 aliphatic rings. The molecule has 28 heavy (non-hydrogen) atoms. The van der Waals surface area contributed by atoms with E-state index in [1.807, 2.05) is 30.5 Å². The first-order valence-corrected chi connectivity index (χ1v) is 10.9. The highest BCUT2D eigenvalue weighted by atomic mass is 79.9. The molecule has 1 amide bonds. The Labute approximate surface area is 178 Å². The normalized spacial score (nSPS) is 11.2. The Kier molecular flexibility index (Phi) is 8.33. The van der Waals surface area contributed by atoms with Crippen LogP contribution in [0.2, 0.25) is 0 Å². The van der Waals surface area contributed by atoms with Gasteiger partial charge in [-0.25, -0.2) is 0 Å². The van der Waals surface area contributed by atoms with Crippen molar-refractivity contribution in [1.29, 1.82) is 0 Å². The van der Waals surface area contributed by atoms with Gasteiger partial charge in [0.1, 0.15) is 0 Å². The van der Waals surface area contributed by atoms with Gasteiger partial charge < -0.3 is 10.0 Å². The molecule has 0 bridgehead atoms. The van der Waals surface area contributed by atoms with E-state index >= 15 is 0 Å². The maximum atomic E-state index is 12.5. The second kappa shape index (κ2) is 10.3. The first kappa shape index (κ1) is 22.7. The molecule has 3 nitrogen and oxygen atoms in total. The van der Waals surface area contributed by atoms with Gasteiger partial charge in [-0.3, -0.25) is 4.79 Å². The number of thioether (sulfide) groups is 1.